The minimum Gasteiger partial charge on any atom is -0.478 e. The Kier molecular flexibility index (Phi) is 2.42. The van der Waals surface area contributed by atoms with Crippen molar-refractivity contribution >= 4 is 22.7 Å². The Labute approximate surface area is 108 Å². The Hall–Kier alpha value is -2.89. The molecule has 0 fully saturated rings. The van der Waals surface area contributed by atoms with Crippen molar-refractivity contribution in [1.29, 1.82) is 0 Å². The van der Waals surface area contributed by atoms with E-state index in [0.29, 0.717) is 5.69 Å². The summed E-state index contributed by atoms with van der Waals surface area (Å²) >= 11 is 0. The second-order valence-electron chi connectivity index (χ2n) is 4.05. The second kappa shape index (κ2) is 4.09. The number of nitrogens with two attached hydrogens (primary N) is 1. The summed E-state index contributed by atoms with van der Waals surface area (Å²) in [4.78, 5) is 15.2. The highest BCUT2D eigenvalue weighted by atomic mass is 16.4. The molecule has 3 aromatic rings. The lowest BCUT2D eigenvalue weighted by atomic mass is 10.2. The quantitative estimate of drug-likeness (QED) is 0.725. The van der Waals surface area contributed by atoms with Crippen LogP contribution >= 0.6 is 0 Å². The molecule has 6 nitrogen and oxygen atoms in total. The van der Waals surface area contributed by atoms with Crippen LogP contribution in [0.15, 0.2) is 42.7 Å². The number of nitrogen functional groups attached to an aromatic ring is 1. The summed E-state index contributed by atoms with van der Waals surface area (Å²) in [6.45, 7) is 0. The molecule has 0 bridgehead atoms. The van der Waals surface area contributed by atoms with Gasteiger partial charge in [0.15, 0.2) is 0 Å². The molecular weight excluding hydrogens is 244 g/mol. The standard InChI is InChI=1S/C13H10N4O2/c14-12-5-9(13(18)19)11(7-15-12)17-10-4-2-1-3-8(10)6-16-17/h1-7H,(H2,14,15)(H,18,19). The van der Waals surface area contributed by atoms with Crippen molar-refractivity contribution in [2.45, 2.75) is 0 Å². The number of rotatable bonds is 2. The monoisotopic (exact) mass is 254 g/mol. The summed E-state index contributed by atoms with van der Waals surface area (Å²) in [5.74, 6) is -0.902. The van der Waals surface area contributed by atoms with Gasteiger partial charge in [0.25, 0.3) is 0 Å². The molecule has 0 atom stereocenters. The molecule has 0 unspecified atom stereocenters. The van der Waals surface area contributed by atoms with Gasteiger partial charge in [-0.1, -0.05) is 18.2 Å². The largest absolute Gasteiger partial charge is 0.478 e. The number of hydrogen-bond donors (Lipinski definition) is 2. The van der Waals surface area contributed by atoms with E-state index in [-0.39, 0.29) is 11.4 Å². The number of pyridine rings is 1. The number of hydrogen-bond acceptors (Lipinski definition) is 4. The number of aromatic nitrogens is 3. The first-order chi connectivity index (χ1) is 9.16. The van der Waals surface area contributed by atoms with Crippen LogP contribution in [0.5, 0.6) is 0 Å². The highest BCUT2D eigenvalue weighted by Gasteiger charge is 2.15. The number of nitrogens with zero attached hydrogens (tertiary/aromatic N) is 3. The summed E-state index contributed by atoms with van der Waals surface area (Å²) in [5, 5.41) is 14.4. The highest BCUT2D eigenvalue weighted by Crippen LogP contribution is 2.21. The topological polar surface area (TPSA) is 94.0 Å². The van der Waals surface area contributed by atoms with Crippen molar-refractivity contribution < 1.29 is 9.90 Å². The normalized spacial score (nSPS) is 10.7. The summed E-state index contributed by atoms with van der Waals surface area (Å²) < 4.78 is 1.55. The third-order valence-corrected chi connectivity index (χ3v) is 2.84. The van der Waals surface area contributed by atoms with Crippen molar-refractivity contribution in [2.24, 2.45) is 0 Å². The molecule has 3 N–H and O–H groups in total. The minimum atomic E-state index is -1.07. The fraction of sp³-hybridized carbons (Fsp3) is 0. The third-order valence-electron chi connectivity index (χ3n) is 2.84. The number of carboxylic acid groups (broad SMARTS) is 1. The number of benzene rings is 1. The number of anilines is 1. The van der Waals surface area contributed by atoms with Crippen molar-refractivity contribution in [2.75, 3.05) is 5.73 Å². The van der Waals surface area contributed by atoms with Gasteiger partial charge < -0.3 is 10.8 Å². The smallest absolute Gasteiger partial charge is 0.338 e. The van der Waals surface area contributed by atoms with Gasteiger partial charge in [0.1, 0.15) is 5.82 Å². The van der Waals surface area contributed by atoms with Crippen LogP contribution in [-0.2, 0) is 0 Å². The molecule has 94 valence electrons. The van der Waals surface area contributed by atoms with Crippen LogP contribution in [0.3, 0.4) is 0 Å². The lowest BCUT2D eigenvalue weighted by molar-refractivity contribution is 0.0696. The van der Waals surface area contributed by atoms with Gasteiger partial charge >= 0.3 is 5.97 Å². The highest BCUT2D eigenvalue weighted by molar-refractivity contribution is 5.93. The zero-order valence-electron chi connectivity index (χ0n) is 9.82. The molecule has 0 aliphatic rings. The summed E-state index contributed by atoms with van der Waals surface area (Å²) in [6, 6.07) is 8.86. The number of fused-ring (bicyclic) bond motifs is 1. The molecule has 0 spiro atoms. The Morgan fingerprint density at radius 3 is 2.84 bits per heavy atom. The van der Waals surface area contributed by atoms with Crippen LogP contribution in [0.2, 0.25) is 0 Å². The Morgan fingerprint density at radius 1 is 1.26 bits per heavy atom. The van der Waals surface area contributed by atoms with Gasteiger partial charge in [0.05, 0.1) is 29.2 Å². The molecule has 6 heteroatoms. The van der Waals surface area contributed by atoms with Gasteiger partial charge in [0.2, 0.25) is 0 Å². The minimum absolute atomic E-state index is 0.0707. The number of aromatic carboxylic acids is 1. The van der Waals surface area contributed by atoms with E-state index in [1.54, 1.807) is 10.9 Å². The molecule has 1 aromatic carbocycles. The fourth-order valence-electron chi connectivity index (χ4n) is 1.97. The molecule has 3 rings (SSSR count). The summed E-state index contributed by atoms with van der Waals surface area (Å²) in [6.07, 6.45) is 3.09. The summed E-state index contributed by atoms with van der Waals surface area (Å²) in [7, 11) is 0. The molecule has 2 aromatic heterocycles. The van der Waals surface area contributed by atoms with Gasteiger partial charge in [0, 0.05) is 5.39 Å². The molecule has 0 amide bonds. The van der Waals surface area contributed by atoms with Crippen LogP contribution in [0.4, 0.5) is 5.82 Å². The molecule has 0 aliphatic carbocycles. The first-order valence-corrected chi connectivity index (χ1v) is 5.59. The second-order valence-corrected chi connectivity index (χ2v) is 4.05. The Bertz CT molecular complexity index is 779. The molecule has 0 saturated carbocycles. The van der Waals surface area contributed by atoms with E-state index in [9.17, 15) is 9.90 Å². The predicted octanol–water partition coefficient (Wildman–Crippen LogP) is 1.70. The number of carboxylic acids is 1. The van der Waals surface area contributed by atoms with E-state index in [0.717, 1.165) is 10.9 Å². The van der Waals surface area contributed by atoms with E-state index in [1.807, 2.05) is 24.3 Å². The Balaban J connectivity index is 2.30. The third kappa shape index (κ3) is 1.79. The van der Waals surface area contributed by atoms with Gasteiger partial charge in [-0.3, -0.25) is 0 Å². The zero-order chi connectivity index (χ0) is 13.4. The number of carbonyl (C=O) groups is 1. The molecule has 0 radical (unpaired) electrons. The van der Waals surface area contributed by atoms with Crippen LogP contribution in [0.1, 0.15) is 10.4 Å². The van der Waals surface area contributed by atoms with E-state index >= 15 is 0 Å². The van der Waals surface area contributed by atoms with E-state index in [2.05, 4.69) is 10.1 Å². The van der Waals surface area contributed by atoms with Crippen LogP contribution in [0.25, 0.3) is 16.6 Å². The molecule has 0 aliphatic heterocycles. The SMILES string of the molecule is Nc1cc(C(=O)O)c(-n2ncc3ccccc32)cn1. The first-order valence-electron chi connectivity index (χ1n) is 5.59. The van der Waals surface area contributed by atoms with Gasteiger partial charge in [-0.05, 0) is 12.1 Å². The van der Waals surface area contributed by atoms with Crippen LogP contribution in [0, 0.1) is 0 Å². The maximum absolute atomic E-state index is 11.3. The van der Waals surface area contributed by atoms with Gasteiger partial charge in [-0.25, -0.2) is 14.5 Å². The zero-order valence-corrected chi connectivity index (χ0v) is 9.82. The molecule has 0 saturated heterocycles. The van der Waals surface area contributed by atoms with Gasteiger partial charge in [-0.15, -0.1) is 0 Å². The van der Waals surface area contributed by atoms with Crippen LogP contribution < -0.4 is 5.73 Å². The number of para-hydroxylation sites is 1. The van der Waals surface area contributed by atoms with Crippen molar-refractivity contribution in [1.82, 2.24) is 14.8 Å². The fourth-order valence-corrected chi connectivity index (χ4v) is 1.97. The average molecular weight is 254 g/mol. The first kappa shape index (κ1) is 11.2. The van der Waals surface area contributed by atoms with E-state index < -0.39 is 5.97 Å². The maximum atomic E-state index is 11.3. The molecule has 19 heavy (non-hydrogen) atoms. The lowest BCUT2D eigenvalue weighted by Crippen LogP contribution is -2.08. The lowest BCUT2D eigenvalue weighted by Gasteiger charge is -2.07. The Morgan fingerprint density at radius 2 is 2.05 bits per heavy atom. The summed E-state index contributed by atoms with van der Waals surface area (Å²) in [5.41, 5.74) is 6.81. The van der Waals surface area contributed by atoms with E-state index in [4.69, 9.17) is 5.73 Å². The predicted molar refractivity (Wildman–Crippen MR) is 70.2 cm³/mol. The molecular formula is C13H10N4O2. The van der Waals surface area contributed by atoms with Crippen LogP contribution in [-0.4, -0.2) is 25.8 Å². The molecule has 2 heterocycles. The van der Waals surface area contributed by atoms with Crippen molar-refractivity contribution in [3.63, 3.8) is 0 Å². The van der Waals surface area contributed by atoms with Crippen molar-refractivity contribution in [3.8, 4) is 5.69 Å². The van der Waals surface area contributed by atoms with Gasteiger partial charge in [-0.2, -0.15) is 5.10 Å². The average Bonchev–Trinajstić information content (AvgIpc) is 2.82. The van der Waals surface area contributed by atoms with Crippen molar-refractivity contribution in [3.05, 3.63) is 48.3 Å². The maximum Gasteiger partial charge on any atom is 0.338 e. The van der Waals surface area contributed by atoms with E-state index in [1.165, 1.54) is 12.3 Å².